The topological polar surface area (TPSA) is 147 Å². The summed E-state index contributed by atoms with van der Waals surface area (Å²) in [7, 11) is 0. The van der Waals surface area contributed by atoms with Crippen LogP contribution in [0.25, 0.3) is 0 Å². The van der Waals surface area contributed by atoms with Gasteiger partial charge in [0.1, 0.15) is 18.8 Å². The van der Waals surface area contributed by atoms with Gasteiger partial charge in [0.05, 0.1) is 16.7 Å². The first kappa shape index (κ1) is 33.3. The van der Waals surface area contributed by atoms with Crippen molar-refractivity contribution in [2.24, 2.45) is 0 Å². The maximum absolute atomic E-state index is 13.4. The van der Waals surface area contributed by atoms with Crippen LogP contribution in [0.3, 0.4) is 0 Å². The molecule has 3 unspecified atom stereocenters. The number of aliphatic hydroxyl groups excluding tert-OH is 1. The van der Waals surface area contributed by atoms with Crippen LogP contribution in [0.5, 0.6) is 0 Å². The molecule has 1 fully saturated rings. The Morgan fingerprint density at radius 1 is 0.711 bits per heavy atom. The van der Waals surface area contributed by atoms with Gasteiger partial charge in [-0.1, -0.05) is 54.6 Å². The third-order valence-electron chi connectivity index (χ3n) is 6.99. The maximum atomic E-state index is 13.4. The highest BCUT2D eigenvalue weighted by Crippen LogP contribution is 2.29. The lowest BCUT2D eigenvalue weighted by Crippen LogP contribution is -2.66. The number of carbonyl (C=O) groups excluding carboxylic acids is 4. The second-order valence-electron chi connectivity index (χ2n) is 10.4. The Morgan fingerprint density at radius 3 is 1.73 bits per heavy atom. The van der Waals surface area contributed by atoms with Crippen molar-refractivity contribution in [1.29, 1.82) is 0 Å². The standard InChI is InChI=1S/C34H37NO10/c1-23(37)35-28-30(45-33(40)26-18-10-4-11-19-26)29(44-32(39)25-16-8-3-9-17-25)27(43-34(28)41-21-13-5-12-20-36)22-42-31(38)24-14-6-2-7-15-24/h2-4,6-11,14-19,27-30,34,36H,5,12-13,20-22H2,1H3,(H,35,37)/t27?,28?,29-,30?,34+/m0/s1. The van der Waals surface area contributed by atoms with E-state index in [1.54, 1.807) is 91.0 Å². The van der Waals surface area contributed by atoms with Gasteiger partial charge in [0.25, 0.3) is 0 Å². The quantitative estimate of drug-likeness (QED) is 0.156. The number of carbonyl (C=O) groups is 4. The Labute approximate surface area is 261 Å². The highest BCUT2D eigenvalue weighted by atomic mass is 16.7. The van der Waals surface area contributed by atoms with Crippen LogP contribution in [0.2, 0.25) is 0 Å². The smallest absolute Gasteiger partial charge is 0.338 e. The summed E-state index contributed by atoms with van der Waals surface area (Å²) in [6.07, 6.45) is -3.16. The van der Waals surface area contributed by atoms with Crippen molar-refractivity contribution in [3.8, 4) is 0 Å². The first-order chi connectivity index (χ1) is 21.9. The lowest BCUT2D eigenvalue weighted by atomic mass is 9.95. The van der Waals surface area contributed by atoms with Gasteiger partial charge in [-0.05, 0) is 55.7 Å². The summed E-state index contributed by atoms with van der Waals surface area (Å²) in [5, 5.41) is 11.9. The fourth-order valence-corrected chi connectivity index (χ4v) is 4.79. The summed E-state index contributed by atoms with van der Waals surface area (Å²) in [4.78, 5) is 52.0. The highest BCUT2D eigenvalue weighted by molar-refractivity contribution is 5.91. The second kappa shape index (κ2) is 17.0. The molecule has 3 aromatic carbocycles. The first-order valence-corrected chi connectivity index (χ1v) is 14.8. The summed E-state index contributed by atoms with van der Waals surface area (Å²) in [5.41, 5.74) is 0.752. The Balaban J connectivity index is 1.68. The van der Waals surface area contributed by atoms with Gasteiger partial charge in [0, 0.05) is 20.1 Å². The predicted octanol–water partition coefficient (Wildman–Crippen LogP) is 3.70. The normalized spacial score (nSPS) is 20.9. The molecule has 2 N–H and O–H groups in total. The molecule has 1 heterocycles. The number of ether oxygens (including phenoxy) is 5. The molecule has 4 rings (SSSR count). The van der Waals surface area contributed by atoms with Gasteiger partial charge >= 0.3 is 17.9 Å². The van der Waals surface area contributed by atoms with Crippen molar-refractivity contribution in [2.75, 3.05) is 19.8 Å². The van der Waals surface area contributed by atoms with Gasteiger partial charge in [-0.15, -0.1) is 0 Å². The van der Waals surface area contributed by atoms with Crippen molar-refractivity contribution in [2.45, 2.75) is 56.8 Å². The molecule has 0 radical (unpaired) electrons. The van der Waals surface area contributed by atoms with E-state index in [0.29, 0.717) is 24.8 Å². The van der Waals surface area contributed by atoms with E-state index in [4.69, 9.17) is 28.8 Å². The largest absolute Gasteiger partial charge is 0.459 e. The monoisotopic (exact) mass is 619 g/mol. The van der Waals surface area contributed by atoms with Crippen molar-refractivity contribution >= 4 is 23.8 Å². The number of hydrogen-bond acceptors (Lipinski definition) is 10. The van der Waals surface area contributed by atoms with Crippen molar-refractivity contribution in [1.82, 2.24) is 5.32 Å². The lowest BCUT2D eigenvalue weighted by molar-refractivity contribution is -0.269. The van der Waals surface area contributed by atoms with Gasteiger partial charge < -0.3 is 34.1 Å². The number of benzene rings is 3. The number of rotatable bonds is 14. The zero-order valence-corrected chi connectivity index (χ0v) is 24.9. The van der Waals surface area contributed by atoms with Crippen LogP contribution in [0.15, 0.2) is 91.0 Å². The van der Waals surface area contributed by atoms with Gasteiger partial charge in [-0.2, -0.15) is 0 Å². The summed E-state index contributed by atoms with van der Waals surface area (Å²) < 4.78 is 29.7. The van der Waals surface area contributed by atoms with Crippen molar-refractivity contribution in [3.63, 3.8) is 0 Å². The molecule has 0 aliphatic carbocycles. The fourth-order valence-electron chi connectivity index (χ4n) is 4.79. The molecule has 11 heteroatoms. The Morgan fingerprint density at radius 2 is 1.22 bits per heavy atom. The Hall–Kier alpha value is -4.58. The minimum atomic E-state index is -1.33. The number of hydrogen-bond donors (Lipinski definition) is 2. The molecule has 5 atom stereocenters. The molecule has 45 heavy (non-hydrogen) atoms. The SMILES string of the molecule is CC(=O)NC1C(OC(=O)c2ccccc2)[C@@H](OC(=O)c2ccccc2)C(COC(=O)c2ccccc2)O[C@H]1OCCCCCO. The van der Waals surface area contributed by atoms with Crippen LogP contribution < -0.4 is 5.32 Å². The van der Waals surface area contributed by atoms with E-state index in [1.165, 1.54) is 6.92 Å². The van der Waals surface area contributed by atoms with Gasteiger partial charge in [-0.25, -0.2) is 14.4 Å². The summed E-state index contributed by atoms with van der Waals surface area (Å²) in [6, 6.07) is 23.6. The maximum Gasteiger partial charge on any atom is 0.338 e. The molecule has 0 aromatic heterocycles. The average Bonchev–Trinajstić information content (AvgIpc) is 3.06. The number of esters is 3. The van der Waals surface area contributed by atoms with Gasteiger partial charge in [-0.3, -0.25) is 4.79 Å². The number of unbranched alkanes of at least 4 members (excludes halogenated alkanes) is 2. The Bertz CT molecular complexity index is 1390. The predicted molar refractivity (Wildman–Crippen MR) is 161 cm³/mol. The van der Waals surface area contributed by atoms with E-state index in [2.05, 4.69) is 5.32 Å². The number of aliphatic hydroxyl groups is 1. The minimum Gasteiger partial charge on any atom is -0.459 e. The Kier molecular flexibility index (Phi) is 12.6. The molecule has 1 amide bonds. The fraction of sp³-hybridized carbons (Fsp3) is 0.353. The molecule has 1 aliphatic rings. The van der Waals surface area contributed by atoms with E-state index in [0.717, 1.165) is 0 Å². The molecule has 0 saturated carbocycles. The third kappa shape index (κ3) is 9.70. The molecule has 3 aromatic rings. The van der Waals surface area contributed by atoms with E-state index in [9.17, 15) is 19.2 Å². The molecule has 1 aliphatic heterocycles. The van der Waals surface area contributed by atoms with Crippen LogP contribution in [-0.4, -0.2) is 79.4 Å². The summed E-state index contributed by atoms with van der Waals surface area (Å²) >= 11 is 0. The molecule has 238 valence electrons. The highest BCUT2D eigenvalue weighted by Gasteiger charge is 2.52. The van der Waals surface area contributed by atoms with E-state index in [-0.39, 0.29) is 24.3 Å². The molecule has 0 spiro atoms. The van der Waals surface area contributed by atoms with Gasteiger partial charge in [0.2, 0.25) is 5.91 Å². The lowest BCUT2D eigenvalue weighted by Gasteiger charge is -2.45. The first-order valence-electron chi connectivity index (χ1n) is 14.8. The average molecular weight is 620 g/mol. The number of nitrogens with one attached hydrogen (secondary N) is 1. The summed E-state index contributed by atoms with van der Waals surface area (Å²) in [6.45, 7) is 1.12. The van der Waals surface area contributed by atoms with Crippen molar-refractivity contribution in [3.05, 3.63) is 108 Å². The van der Waals surface area contributed by atoms with E-state index in [1.807, 2.05) is 0 Å². The van der Waals surface area contributed by atoms with Crippen LogP contribution in [0.1, 0.15) is 57.3 Å². The van der Waals surface area contributed by atoms with Crippen molar-refractivity contribution < 1.29 is 48.0 Å². The third-order valence-corrected chi connectivity index (χ3v) is 6.99. The zero-order valence-electron chi connectivity index (χ0n) is 24.9. The second-order valence-corrected chi connectivity index (χ2v) is 10.4. The van der Waals surface area contributed by atoms with E-state index < -0.39 is 61.1 Å². The van der Waals surface area contributed by atoms with Crippen LogP contribution in [0.4, 0.5) is 0 Å². The minimum absolute atomic E-state index is 0.0370. The molecule has 11 nitrogen and oxygen atoms in total. The van der Waals surface area contributed by atoms with E-state index >= 15 is 0 Å². The van der Waals surface area contributed by atoms with Gasteiger partial charge in [0.15, 0.2) is 18.5 Å². The number of amides is 1. The molecular formula is C34H37NO10. The van der Waals surface area contributed by atoms with Crippen LogP contribution >= 0.6 is 0 Å². The molecule has 0 bridgehead atoms. The molecular weight excluding hydrogens is 582 g/mol. The zero-order chi connectivity index (χ0) is 32.0. The van der Waals surface area contributed by atoms with Crippen LogP contribution in [-0.2, 0) is 28.5 Å². The van der Waals surface area contributed by atoms with Crippen LogP contribution in [0, 0.1) is 0 Å². The summed E-state index contributed by atoms with van der Waals surface area (Å²) in [5.74, 6) is -2.59. The molecule has 1 saturated heterocycles.